The summed E-state index contributed by atoms with van der Waals surface area (Å²) in [6, 6.07) is 9.40. The summed E-state index contributed by atoms with van der Waals surface area (Å²) in [4.78, 5) is 9.71. The lowest BCUT2D eigenvalue weighted by atomic mass is 10.3. The number of nitro benzene ring substituents is 1. The Morgan fingerprint density at radius 1 is 1.23 bits per heavy atom. The third-order valence-electron chi connectivity index (χ3n) is 3.40. The number of nitrogens with zero attached hydrogens (tertiary/aromatic N) is 3. The SMILES string of the molecule is O=[N+]([O-])c1cc(S(=O)(=O)Nc2ccccc2-n2cc(Br)cn2)ccc1O. The summed E-state index contributed by atoms with van der Waals surface area (Å²) in [5.41, 5.74) is 0.00560. The Morgan fingerprint density at radius 2 is 1.96 bits per heavy atom. The summed E-state index contributed by atoms with van der Waals surface area (Å²) >= 11 is 3.27. The molecule has 1 aromatic heterocycles. The molecule has 2 N–H and O–H groups in total. The van der Waals surface area contributed by atoms with Crippen LogP contribution in [0.25, 0.3) is 5.69 Å². The average Bonchev–Trinajstić information content (AvgIpc) is 3.01. The van der Waals surface area contributed by atoms with Crippen LogP contribution in [0.5, 0.6) is 5.75 Å². The fourth-order valence-electron chi connectivity index (χ4n) is 2.21. The molecule has 0 unspecified atom stereocenters. The first-order valence-corrected chi connectivity index (χ1v) is 9.35. The third-order valence-corrected chi connectivity index (χ3v) is 5.17. The largest absolute Gasteiger partial charge is 0.502 e. The molecule has 0 bridgehead atoms. The number of nitro groups is 1. The number of phenolic OH excluding ortho intramolecular Hbond substituents is 1. The van der Waals surface area contributed by atoms with Gasteiger partial charge in [-0.25, -0.2) is 13.1 Å². The van der Waals surface area contributed by atoms with E-state index < -0.39 is 26.4 Å². The van der Waals surface area contributed by atoms with Gasteiger partial charge in [-0.3, -0.25) is 14.8 Å². The highest BCUT2D eigenvalue weighted by Gasteiger charge is 2.22. The van der Waals surface area contributed by atoms with Crippen molar-refractivity contribution in [1.82, 2.24) is 9.78 Å². The monoisotopic (exact) mass is 438 g/mol. The van der Waals surface area contributed by atoms with E-state index in [-0.39, 0.29) is 10.6 Å². The third kappa shape index (κ3) is 3.53. The topological polar surface area (TPSA) is 127 Å². The predicted octanol–water partition coefficient (Wildman–Crippen LogP) is 3.05. The number of halogens is 1. The molecule has 3 aromatic rings. The lowest BCUT2D eigenvalue weighted by molar-refractivity contribution is -0.386. The first kappa shape index (κ1) is 17.9. The van der Waals surface area contributed by atoms with E-state index in [1.54, 1.807) is 30.6 Å². The lowest BCUT2D eigenvalue weighted by Crippen LogP contribution is -2.15. The average molecular weight is 439 g/mol. The number of rotatable bonds is 5. The second kappa shape index (κ2) is 6.77. The van der Waals surface area contributed by atoms with Crippen molar-refractivity contribution in [1.29, 1.82) is 0 Å². The maximum absolute atomic E-state index is 12.6. The molecule has 0 radical (unpaired) electrons. The number of nitrogens with one attached hydrogen (secondary N) is 1. The van der Waals surface area contributed by atoms with Gasteiger partial charge in [-0.1, -0.05) is 12.1 Å². The number of hydrogen-bond donors (Lipinski definition) is 2. The lowest BCUT2D eigenvalue weighted by Gasteiger charge is -2.12. The van der Waals surface area contributed by atoms with E-state index in [0.29, 0.717) is 10.2 Å². The highest BCUT2D eigenvalue weighted by atomic mass is 79.9. The number of aromatic nitrogens is 2. The summed E-state index contributed by atoms with van der Waals surface area (Å²) in [5, 5.41) is 24.5. The van der Waals surface area contributed by atoms with Gasteiger partial charge in [0.15, 0.2) is 5.75 Å². The molecule has 0 aliphatic rings. The van der Waals surface area contributed by atoms with Crippen LogP contribution in [-0.2, 0) is 10.0 Å². The van der Waals surface area contributed by atoms with Crippen LogP contribution in [0.15, 0.2) is 64.2 Å². The molecule has 1 heterocycles. The number of benzene rings is 2. The zero-order valence-corrected chi connectivity index (χ0v) is 15.3. The van der Waals surface area contributed by atoms with Gasteiger partial charge in [-0.2, -0.15) is 5.10 Å². The smallest absolute Gasteiger partial charge is 0.312 e. The van der Waals surface area contributed by atoms with E-state index in [2.05, 4.69) is 25.8 Å². The van der Waals surface area contributed by atoms with E-state index in [9.17, 15) is 23.6 Å². The number of hydrogen-bond acceptors (Lipinski definition) is 6. The van der Waals surface area contributed by atoms with Crippen molar-refractivity contribution in [3.8, 4) is 11.4 Å². The van der Waals surface area contributed by atoms with Crippen molar-refractivity contribution in [3.05, 3.63) is 69.4 Å². The number of aromatic hydroxyl groups is 1. The van der Waals surface area contributed by atoms with Crippen LogP contribution in [0.2, 0.25) is 0 Å². The molecule has 0 saturated heterocycles. The zero-order chi connectivity index (χ0) is 18.9. The molecule has 134 valence electrons. The van der Waals surface area contributed by atoms with E-state index in [1.807, 2.05) is 0 Å². The Hall–Kier alpha value is -2.92. The Labute approximate surface area is 156 Å². The molecule has 0 amide bonds. The van der Waals surface area contributed by atoms with Crippen molar-refractivity contribution in [2.45, 2.75) is 4.90 Å². The first-order chi connectivity index (χ1) is 12.3. The second-order valence-electron chi connectivity index (χ2n) is 5.13. The molecular weight excluding hydrogens is 428 g/mol. The van der Waals surface area contributed by atoms with Crippen molar-refractivity contribution in [2.24, 2.45) is 0 Å². The molecule has 0 spiro atoms. The minimum atomic E-state index is -4.13. The van der Waals surface area contributed by atoms with Crippen LogP contribution >= 0.6 is 15.9 Å². The summed E-state index contributed by atoms with van der Waals surface area (Å²) in [7, 11) is -4.13. The van der Waals surface area contributed by atoms with E-state index in [4.69, 9.17) is 0 Å². The Morgan fingerprint density at radius 3 is 2.62 bits per heavy atom. The van der Waals surface area contributed by atoms with Gasteiger partial charge in [0.25, 0.3) is 10.0 Å². The predicted molar refractivity (Wildman–Crippen MR) is 96.8 cm³/mol. The molecule has 3 rings (SSSR count). The Balaban J connectivity index is 2.02. The molecule has 11 heteroatoms. The molecular formula is C15H11BrN4O5S. The minimum Gasteiger partial charge on any atom is -0.502 e. The summed E-state index contributed by atoms with van der Waals surface area (Å²) in [6.45, 7) is 0. The summed E-state index contributed by atoms with van der Waals surface area (Å²) < 4.78 is 29.8. The number of anilines is 1. The first-order valence-electron chi connectivity index (χ1n) is 7.08. The van der Waals surface area contributed by atoms with Crippen LogP contribution < -0.4 is 4.72 Å². The maximum atomic E-state index is 12.6. The second-order valence-corrected chi connectivity index (χ2v) is 7.73. The standard InChI is InChI=1S/C15H11BrN4O5S/c16-10-8-17-19(9-10)13-4-2-1-3-12(13)18-26(24,25)11-5-6-15(21)14(7-11)20(22)23/h1-9,18,21H. The van der Waals surface area contributed by atoms with Crippen LogP contribution in [0.4, 0.5) is 11.4 Å². The fraction of sp³-hybridized carbons (Fsp3) is 0. The van der Waals surface area contributed by atoms with Gasteiger partial charge in [0, 0.05) is 12.3 Å². The number of sulfonamides is 1. The highest BCUT2D eigenvalue weighted by molar-refractivity contribution is 9.10. The summed E-state index contributed by atoms with van der Waals surface area (Å²) in [5.74, 6) is -0.615. The fourth-order valence-corrected chi connectivity index (χ4v) is 3.59. The maximum Gasteiger partial charge on any atom is 0.312 e. The Bertz CT molecular complexity index is 1100. The van der Waals surface area contributed by atoms with Gasteiger partial charge >= 0.3 is 5.69 Å². The van der Waals surface area contributed by atoms with Gasteiger partial charge in [-0.05, 0) is 40.2 Å². The normalized spacial score (nSPS) is 11.3. The molecule has 0 saturated carbocycles. The van der Waals surface area contributed by atoms with Gasteiger partial charge in [-0.15, -0.1) is 0 Å². The van der Waals surface area contributed by atoms with Crippen LogP contribution in [0, 0.1) is 10.1 Å². The van der Waals surface area contributed by atoms with Gasteiger partial charge in [0.2, 0.25) is 0 Å². The Kier molecular flexibility index (Phi) is 4.66. The molecule has 0 aliphatic carbocycles. The zero-order valence-electron chi connectivity index (χ0n) is 12.9. The number of phenols is 1. The van der Waals surface area contributed by atoms with Crippen LogP contribution in [0.1, 0.15) is 0 Å². The molecule has 0 aliphatic heterocycles. The molecule has 2 aromatic carbocycles. The van der Waals surface area contributed by atoms with Crippen molar-refractivity contribution < 1.29 is 18.4 Å². The number of para-hydroxylation sites is 2. The van der Waals surface area contributed by atoms with Crippen molar-refractivity contribution >= 4 is 37.3 Å². The van der Waals surface area contributed by atoms with Gasteiger partial charge in [0.1, 0.15) is 0 Å². The van der Waals surface area contributed by atoms with Crippen LogP contribution in [-0.4, -0.2) is 28.2 Å². The molecule has 0 atom stereocenters. The van der Waals surface area contributed by atoms with Crippen LogP contribution in [0.3, 0.4) is 0 Å². The summed E-state index contributed by atoms with van der Waals surface area (Å²) in [6.07, 6.45) is 3.20. The molecule has 9 nitrogen and oxygen atoms in total. The minimum absolute atomic E-state index is 0.235. The van der Waals surface area contributed by atoms with E-state index in [1.165, 1.54) is 10.7 Å². The van der Waals surface area contributed by atoms with Gasteiger partial charge < -0.3 is 5.11 Å². The van der Waals surface area contributed by atoms with E-state index in [0.717, 1.165) is 18.2 Å². The van der Waals surface area contributed by atoms with Crippen molar-refractivity contribution in [3.63, 3.8) is 0 Å². The quantitative estimate of drug-likeness (QED) is 0.465. The van der Waals surface area contributed by atoms with Crippen molar-refractivity contribution in [2.75, 3.05) is 4.72 Å². The highest BCUT2D eigenvalue weighted by Crippen LogP contribution is 2.30. The van der Waals surface area contributed by atoms with Gasteiger partial charge in [0.05, 0.1) is 31.9 Å². The molecule has 0 fully saturated rings. The van der Waals surface area contributed by atoms with E-state index >= 15 is 0 Å². The molecule has 26 heavy (non-hydrogen) atoms.